The van der Waals surface area contributed by atoms with Crippen LogP contribution in [0.5, 0.6) is 0 Å². The van der Waals surface area contributed by atoms with E-state index in [1.54, 1.807) is 49.4 Å². The number of nitrogens with one attached hydrogen (secondary N) is 1. The van der Waals surface area contributed by atoms with Crippen molar-refractivity contribution in [2.24, 2.45) is 0 Å². The van der Waals surface area contributed by atoms with Crippen LogP contribution in [0.25, 0.3) is 16.3 Å². The topological polar surface area (TPSA) is 92.6 Å². The van der Waals surface area contributed by atoms with Crippen molar-refractivity contribution in [2.45, 2.75) is 32.3 Å². The van der Waals surface area contributed by atoms with Crippen LogP contribution in [0.3, 0.4) is 0 Å². The molecule has 3 aromatic carbocycles. The normalized spacial score (nSPS) is 12.5. The van der Waals surface area contributed by atoms with E-state index >= 15 is 0 Å². The predicted octanol–water partition coefficient (Wildman–Crippen LogP) is 6.21. The highest BCUT2D eigenvalue weighted by atomic mass is 35.5. The molecule has 0 radical (unpaired) electrons. The van der Waals surface area contributed by atoms with Gasteiger partial charge in [-0.3, -0.25) is 4.79 Å². The minimum absolute atomic E-state index is 0.196. The van der Waals surface area contributed by atoms with Gasteiger partial charge in [-0.1, -0.05) is 41.9 Å². The Morgan fingerprint density at radius 2 is 1.83 bits per heavy atom. The van der Waals surface area contributed by atoms with Crippen LogP contribution in [0.1, 0.15) is 40.2 Å². The third-order valence-electron chi connectivity index (χ3n) is 5.80. The number of halogens is 1. The molecule has 1 aromatic heterocycles. The standard InChI is InChI=1S/C27H23ClN4O3/c1-16-20(11-14-23(29-3)24(16)28)15-22(17(2)33)27-32-31-26(35-27)19-9-12-21(13-10-19)30-25(34)18-7-5-4-6-8-18/h4-14,17,22,33H,15H2,1-2H3,(H,30,34)/t17-,22-/m1/s1. The molecular weight excluding hydrogens is 464 g/mol. The quantitative estimate of drug-likeness (QED) is 0.303. The number of carbonyl (C=O) groups is 1. The number of aliphatic hydroxyl groups is 1. The maximum Gasteiger partial charge on any atom is 0.255 e. The molecular formula is C27H23ClN4O3. The number of aromatic nitrogens is 2. The summed E-state index contributed by atoms with van der Waals surface area (Å²) in [5.41, 5.74) is 3.98. The first-order valence-corrected chi connectivity index (χ1v) is 11.4. The van der Waals surface area contributed by atoms with Crippen molar-refractivity contribution in [3.05, 3.63) is 106 Å². The SMILES string of the molecule is [C-]#[N+]c1ccc(C[C@@H](c2nnc(-c3ccc(NC(=O)c4ccccc4)cc3)o2)[C@@H](C)O)c(C)c1Cl. The molecule has 0 aliphatic carbocycles. The van der Waals surface area contributed by atoms with E-state index in [1.807, 2.05) is 31.2 Å². The maximum absolute atomic E-state index is 12.3. The Balaban J connectivity index is 1.51. The monoisotopic (exact) mass is 486 g/mol. The van der Waals surface area contributed by atoms with E-state index in [9.17, 15) is 9.90 Å². The molecule has 4 rings (SSSR count). The van der Waals surface area contributed by atoms with Crippen LogP contribution in [0.15, 0.2) is 71.1 Å². The van der Waals surface area contributed by atoms with Gasteiger partial charge in [0.15, 0.2) is 0 Å². The Labute approximate surface area is 208 Å². The zero-order chi connectivity index (χ0) is 24.9. The third kappa shape index (κ3) is 5.40. The fraction of sp³-hybridized carbons (Fsp3) is 0.185. The average Bonchev–Trinajstić information content (AvgIpc) is 3.35. The van der Waals surface area contributed by atoms with Gasteiger partial charge in [0.05, 0.1) is 23.6 Å². The lowest BCUT2D eigenvalue weighted by atomic mass is 9.92. The minimum Gasteiger partial charge on any atom is -0.420 e. The van der Waals surface area contributed by atoms with Gasteiger partial charge in [0.1, 0.15) is 0 Å². The van der Waals surface area contributed by atoms with Crippen LogP contribution >= 0.6 is 11.6 Å². The van der Waals surface area contributed by atoms with Gasteiger partial charge in [-0.05, 0) is 67.8 Å². The highest BCUT2D eigenvalue weighted by Crippen LogP contribution is 2.34. The van der Waals surface area contributed by atoms with Gasteiger partial charge in [0.2, 0.25) is 17.5 Å². The molecule has 176 valence electrons. The molecule has 0 saturated carbocycles. The number of benzene rings is 3. The van der Waals surface area contributed by atoms with Gasteiger partial charge < -0.3 is 14.8 Å². The van der Waals surface area contributed by atoms with Crippen LogP contribution in [-0.2, 0) is 6.42 Å². The summed E-state index contributed by atoms with van der Waals surface area (Å²) in [6.45, 7) is 10.7. The van der Waals surface area contributed by atoms with Crippen LogP contribution < -0.4 is 5.32 Å². The summed E-state index contributed by atoms with van der Waals surface area (Å²) >= 11 is 6.32. The number of hydrogen-bond acceptors (Lipinski definition) is 5. The van der Waals surface area contributed by atoms with Gasteiger partial charge in [0, 0.05) is 16.8 Å². The summed E-state index contributed by atoms with van der Waals surface area (Å²) in [6, 6.07) is 19.6. The minimum atomic E-state index is -0.752. The number of nitrogens with zero attached hydrogens (tertiary/aromatic N) is 3. The molecule has 2 atom stereocenters. The lowest BCUT2D eigenvalue weighted by Gasteiger charge is -2.18. The molecule has 0 aliphatic rings. The van der Waals surface area contributed by atoms with E-state index in [0.717, 1.165) is 11.1 Å². The van der Waals surface area contributed by atoms with Gasteiger partial charge in [-0.15, -0.1) is 10.2 Å². The van der Waals surface area contributed by atoms with E-state index in [1.165, 1.54) is 0 Å². The fourth-order valence-corrected chi connectivity index (χ4v) is 3.94. The lowest BCUT2D eigenvalue weighted by molar-refractivity contribution is 0.102. The van der Waals surface area contributed by atoms with Crippen molar-refractivity contribution in [1.29, 1.82) is 0 Å². The zero-order valence-corrected chi connectivity index (χ0v) is 20.0. The van der Waals surface area contributed by atoms with Gasteiger partial charge in [-0.25, -0.2) is 4.85 Å². The van der Waals surface area contributed by atoms with Crippen molar-refractivity contribution < 1.29 is 14.3 Å². The average molecular weight is 487 g/mol. The number of carbonyl (C=O) groups excluding carboxylic acids is 1. The Kier molecular flexibility index (Phi) is 7.25. The second-order valence-electron chi connectivity index (χ2n) is 8.19. The highest BCUT2D eigenvalue weighted by Gasteiger charge is 2.26. The summed E-state index contributed by atoms with van der Waals surface area (Å²) in [5, 5.41) is 22.0. The molecule has 0 unspecified atom stereocenters. The molecule has 2 N–H and O–H groups in total. The molecule has 0 aliphatic heterocycles. The Morgan fingerprint density at radius 3 is 2.49 bits per heavy atom. The third-order valence-corrected chi connectivity index (χ3v) is 6.28. The molecule has 35 heavy (non-hydrogen) atoms. The second kappa shape index (κ2) is 10.5. The largest absolute Gasteiger partial charge is 0.420 e. The Morgan fingerprint density at radius 1 is 1.11 bits per heavy atom. The van der Waals surface area contributed by atoms with Crippen LogP contribution in [0, 0.1) is 13.5 Å². The van der Waals surface area contributed by atoms with Crippen molar-refractivity contribution in [3.8, 4) is 11.5 Å². The number of anilines is 1. The summed E-state index contributed by atoms with van der Waals surface area (Å²) in [6.07, 6.45) is -0.328. The molecule has 0 fully saturated rings. The summed E-state index contributed by atoms with van der Waals surface area (Å²) < 4.78 is 5.92. The van der Waals surface area contributed by atoms with Crippen molar-refractivity contribution in [1.82, 2.24) is 10.2 Å². The highest BCUT2D eigenvalue weighted by molar-refractivity contribution is 6.34. The van der Waals surface area contributed by atoms with Gasteiger partial charge in [0.25, 0.3) is 5.91 Å². The number of amides is 1. The van der Waals surface area contributed by atoms with Gasteiger partial charge in [-0.2, -0.15) is 0 Å². The predicted molar refractivity (Wildman–Crippen MR) is 135 cm³/mol. The van der Waals surface area contributed by atoms with Crippen molar-refractivity contribution in [2.75, 3.05) is 5.32 Å². The maximum atomic E-state index is 12.3. The van der Waals surface area contributed by atoms with Gasteiger partial charge >= 0.3 is 0 Å². The first kappa shape index (κ1) is 24.1. The smallest absolute Gasteiger partial charge is 0.255 e. The summed E-state index contributed by atoms with van der Waals surface area (Å²) in [5.74, 6) is -0.0294. The Bertz CT molecular complexity index is 1380. The number of rotatable bonds is 7. The van der Waals surface area contributed by atoms with E-state index < -0.39 is 12.0 Å². The van der Waals surface area contributed by atoms with Crippen LogP contribution in [-0.4, -0.2) is 27.3 Å². The van der Waals surface area contributed by atoms with Crippen LogP contribution in [0.2, 0.25) is 5.02 Å². The second-order valence-corrected chi connectivity index (χ2v) is 8.57. The van der Waals surface area contributed by atoms with E-state index in [-0.39, 0.29) is 5.91 Å². The molecule has 7 nitrogen and oxygen atoms in total. The van der Waals surface area contributed by atoms with E-state index in [2.05, 4.69) is 20.4 Å². The molecule has 8 heteroatoms. The molecule has 0 saturated heterocycles. The summed E-state index contributed by atoms with van der Waals surface area (Å²) in [7, 11) is 0. The van der Waals surface area contributed by atoms with Crippen molar-refractivity contribution >= 4 is 28.9 Å². The lowest BCUT2D eigenvalue weighted by Crippen LogP contribution is -2.18. The molecule has 1 heterocycles. The van der Waals surface area contributed by atoms with Crippen molar-refractivity contribution in [3.63, 3.8) is 0 Å². The number of aliphatic hydroxyl groups excluding tert-OH is 1. The zero-order valence-electron chi connectivity index (χ0n) is 19.2. The van der Waals surface area contributed by atoms with E-state index in [4.69, 9.17) is 22.6 Å². The number of hydrogen-bond donors (Lipinski definition) is 2. The fourth-order valence-electron chi connectivity index (χ4n) is 3.71. The van der Waals surface area contributed by atoms with Crippen LogP contribution in [0.4, 0.5) is 11.4 Å². The first-order chi connectivity index (χ1) is 16.9. The van der Waals surface area contributed by atoms with E-state index in [0.29, 0.717) is 45.7 Å². The molecule has 1 amide bonds. The summed E-state index contributed by atoms with van der Waals surface area (Å²) in [4.78, 5) is 15.8. The molecule has 0 spiro atoms. The Hall–Kier alpha value is -3.99. The first-order valence-electron chi connectivity index (χ1n) is 11.0. The molecule has 0 bridgehead atoms. The molecule has 4 aromatic rings.